The summed E-state index contributed by atoms with van der Waals surface area (Å²) < 4.78 is 1.84. The van der Waals surface area contributed by atoms with Crippen LogP contribution in [0.4, 0.5) is 5.69 Å². The number of hydrogen-bond donors (Lipinski definition) is 1. The normalized spacial score (nSPS) is 19.9. The molecule has 2 aliphatic rings. The lowest BCUT2D eigenvalue weighted by atomic mass is 10.1. The molecule has 2 amide bonds. The van der Waals surface area contributed by atoms with Crippen LogP contribution in [0.15, 0.2) is 42.6 Å². The summed E-state index contributed by atoms with van der Waals surface area (Å²) in [6, 6.07) is 11.0. The molecule has 1 unspecified atom stereocenters. The summed E-state index contributed by atoms with van der Waals surface area (Å²) in [7, 11) is 0. The van der Waals surface area contributed by atoms with E-state index in [0.29, 0.717) is 18.8 Å². The zero-order valence-electron chi connectivity index (χ0n) is 11.5. The van der Waals surface area contributed by atoms with Gasteiger partial charge in [0.15, 0.2) is 0 Å². The molecular formula is C16H15N3O2. The van der Waals surface area contributed by atoms with E-state index >= 15 is 0 Å². The third-order valence-electron chi connectivity index (χ3n) is 4.20. The van der Waals surface area contributed by atoms with E-state index in [0.717, 1.165) is 12.1 Å². The van der Waals surface area contributed by atoms with Crippen LogP contribution in [-0.4, -0.2) is 29.0 Å². The van der Waals surface area contributed by atoms with Crippen LogP contribution in [-0.2, 0) is 17.8 Å². The summed E-state index contributed by atoms with van der Waals surface area (Å²) in [6.07, 6.45) is 2.71. The molecule has 0 radical (unpaired) electrons. The predicted molar refractivity (Wildman–Crippen MR) is 78.2 cm³/mol. The fraction of sp³-hybridized carbons (Fsp3) is 0.250. The Morgan fingerprint density at radius 3 is 2.95 bits per heavy atom. The second-order valence-corrected chi connectivity index (χ2v) is 5.44. The standard InChI is InChI=1S/C16H15N3O2/c20-15-14-6-3-8-18(14)10-12(17-15)16(21)19-9-7-11-4-1-2-5-13(11)19/h1-6,8,12H,7,9-10H2,(H,17,20). The molecule has 1 aromatic carbocycles. The van der Waals surface area contributed by atoms with Crippen LogP contribution >= 0.6 is 0 Å². The number of benzene rings is 1. The molecule has 0 bridgehead atoms. The van der Waals surface area contributed by atoms with Gasteiger partial charge in [-0.1, -0.05) is 18.2 Å². The van der Waals surface area contributed by atoms with Crippen LogP contribution in [0.2, 0.25) is 0 Å². The number of rotatable bonds is 1. The third kappa shape index (κ3) is 1.85. The molecule has 2 aromatic rings. The maximum Gasteiger partial charge on any atom is 0.268 e. The number of nitrogens with one attached hydrogen (secondary N) is 1. The molecule has 0 fully saturated rings. The van der Waals surface area contributed by atoms with Crippen LogP contribution in [0.25, 0.3) is 0 Å². The van der Waals surface area contributed by atoms with E-state index in [9.17, 15) is 9.59 Å². The van der Waals surface area contributed by atoms with Crippen molar-refractivity contribution in [3.8, 4) is 0 Å². The fourth-order valence-corrected chi connectivity index (χ4v) is 3.15. The second-order valence-electron chi connectivity index (χ2n) is 5.44. The molecule has 5 nitrogen and oxygen atoms in total. The first-order valence-corrected chi connectivity index (χ1v) is 7.09. The number of carbonyl (C=O) groups excluding carboxylic acids is 2. The molecular weight excluding hydrogens is 266 g/mol. The van der Waals surface area contributed by atoms with Crippen molar-refractivity contribution < 1.29 is 9.59 Å². The van der Waals surface area contributed by atoms with Crippen molar-refractivity contribution in [2.45, 2.75) is 19.0 Å². The van der Waals surface area contributed by atoms with Crippen LogP contribution < -0.4 is 10.2 Å². The zero-order chi connectivity index (χ0) is 14.4. The van der Waals surface area contributed by atoms with E-state index in [1.807, 2.05) is 41.1 Å². The summed E-state index contributed by atoms with van der Waals surface area (Å²) in [5.74, 6) is -0.218. The molecule has 1 N–H and O–H groups in total. The SMILES string of the molecule is O=C1NC(C(=O)N2CCc3ccccc32)Cn2cccc21. The van der Waals surface area contributed by atoms with Gasteiger partial charge in [0.2, 0.25) is 0 Å². The summed E-state index contributed by atoms with van der Waals surface area (Å²) in [5.41, 5.74) is 2.77. The van der Waals surface area contributed by atoms with Gasteiger partial charge in [-0.3, -0.25) is 9.59 Å². The van der Waals surface area contributed by atoms with E-state index in [1.165, 1.54) is 5.56 Å². The van der Waals surface area contributed by atoms with Crippen molar-refractivity contribution >= 4 is 17.5 Å². The monoisotopic (exact) mass is 281 g/mol. The topological polar surface area (TPSA) is 54.3 Å². The van der Waals surface area contributed by atoms with Crippen LogP contribution in [0.1, 0.15) is 16.1 Å². The smallest absolute Gasteiger partial charge is 0.268 e. The lowest BCUT2D eigenvalue weighted by Gasteiger charge is -2.28. The van der Waals surface area contributed by atoms with Crippen molar-refractivity contribution in [3.63, 3.8) is 0 Å². The number of aromatic nitrogens is 1. The Bertz CT molecular complexity index is 735. The second kappa shape index (κ2) is 4.48. The van der Waals surface area contributed by atoms with Crippen molar-refractivity contribution in [1.29, 1.82) is 0 Å². The Morgan fingerprint density at radius 1 is 1.19 bits per heavy atom. The lowest BCUT2D eigenvalue weighted by molar-refractivity contribution is -0.120. The Kier molecular flexibility index (Phi) is 2.60. The number of anilines is 1. The van der Waals surface area contributed by atoms with E-state index in [2.05, 4.69) is 5.32 Å². The molecule has 21 heavy (non-hydrogen) atoms. The van der Waals surface area contributed by atoms with E-state index in [1.54, 1.807) is 11.0 Å². The average Bonchev–Trinajstić information content (AvgIpc) is 3.13. The number of hydrogen-bond acceptors (Lipinski definition) is 2. The number of fused-ring (bicyclic) bond motifs is 2. The van der Waals surface area contributed by atoms with Crippen LogP contribution in [0.5, 0.6) is 0 Å². The minimum absolute atomic E-state index is 0.0346. The summed E-state index contributed by atoms with van der Waals surface area (Å²) in [5, 5.41) is 2.82. The van der Waals surface area contributed by atoms with Crippen LogP contribution in [0.3, 0.4) is 0 Å². The molecule has 1 aromatic heterocycles. The maximum atomic E-state index is 12.7. The highest BCUT2D eigenvalue weighted by Gasteiger charge is 2.34. The molecule has 3 heterocycles. The van der Waals surface area contributed by atoms with E-state index in [4.69, 9.17) is 0 Å². The Balaban J connectivity index is 1.61. The molecule has 4 rings (SSSR count). The molecule has 0 saturated carbocycles. The van der Waals surface area contributed by atoms with Crippen molar-refractivity contribution in [2.75, 3.05) is 11.4 Å². The van der Waals surface area contributed by atoms with Crippen molar-refractivity contribution in [3.05, 3.63) is 53.9 Å². The third-order valence-corrected chi connectivity index (χ3v) is 4.20. The molecule has 1 atom stereocenters. The van der Waals surface area contributed by atoms with E-state index < -0.39 is 6.04 Å². The Labute approximate surface area is 122 Å². The minimum Gasteiger partial charge on any atom is -0.341 e. The predicted octanol–water partition coefficient (Wildman–Crippen LogP) is 1.19. The average molecular weight is 281 g/mol. The van der Waals surface area contributed by atoms with Crippen molar-refractivity contribution in [1.82, 2.24) is 9.88 Å². The molecule has 0 saturated heterocycles. The fourth-order valence-electron chi connectivity index (χ4n) is 3.15. The lowest BCUT2D eigenvalue weighted by Crippen LogP contribution is -2.53. The van der Waals surface area contributed by atoms with Gasteiger partial charge in [-0.2, -0.15) is 0 Å². The van der Waals surface area contributed by atoms with Gasteiger partial charge in [-0.05, 0) is 30.2 Å². The van der Waals surface area contributed by atoms with Gasteiger partial charge in [-0.15, -0.1) is 0 Å². The maximum absolute atomic E-state index is 12.7. The van der Waals surface area contributed by atoms with Gasteiger partial charge in [0.1, 0.15) is 11.7 Å². The highest BCUT2D eigenvalue weighted by Crippen LogP contribution is 2.28. The quantitative estimate of drug-likeness (QED) is 0.853. The number of para-hydroxylation sites is 1. The zero-order valence-corrected chi connectivity index (χ0v) is 11.5. The minimum atomic E-state index is -0.497. The number of amides is 2. The molecule has 0 aliphatic carbocycles. The summed E-state index contributed by atoms with van der Waals surface area (Å²) in [6.45, 7) is 1.18. The summed E-state index contributed by atoms with van der Waals surface area (Å²) >= 11 is 0. The Hall–Kier alpha value is -2.56. The van der Waals surface area contributed by atoms with Gasteiger partial charge in [0.05, 0.1) is 6.54 Å². The van der Waals surface area contributed by atoms with Gasteiger partial charge in [0.25, 0.3) is 11.8 Å². The van der Waals surface area contributed by atoms with E-state index in [-0.39, 0.29) is 11.8 Å². The highest BCUT2D eigenvalue weighted by molar-refractivity contribution is 6.03. The number of nitrogens with zero attached hydrogens (tertiary/aromatic N) is 2. The van der Waals surface area contributed by atoms with Gasteiger partial charge in [-0.25, -0.2) is 0 Å². The van der Waals surface area contributed by atoms with Gasteiger partial charge < -0.3 is 14.8 Å². The summed E-state index contributed by atoms with van der Waals surface area (Å²) in [4.78, 5) is 26.5. The molecule has 106 valence electrons. The van der Waals surface area contributed by atoms with Gasteiger partial charge >= 0.3 is 0 Å². The molecule has 5 heteroatoms. The number of carbonyl (C=O) groups is 2. The van der Waals surface area contributed by atoms with Crippen LogP contribution in [0, 0.1) is 0 Å². The first-order valence-electron chi connectivity index (χ1n) is 7.09. The Morgan fingerprint density at radius 2 is 2.05 bits per heavy atom. The first-order chi connectivity index (χ1) is 10.2. The van der Waals surface area contributed by atoms with Gasteiger partial charge in [0, 0.05) is 18.4 Å². The van der Waals surface area contributed by atoms with Crippen molar-refractivity contribution in [2.24, 2.45) is 0 Å². The first kappa shape index (κ1) is 12.2. The molecule has 0 spiro atoms. The molecule has 2 aliphatic heterocycles. The highest BCUT2D eigenvalue weighted by atomic mass is 16.2. The largest absolute Gasteiger partial charge is 0.341 e.